The number of hydrogen-bond acceptors (Lipinski definition) is 4. The minimum Gasteiger partial charge on any atom is -0.489 e. The molecule has 5 heteroatoms. The van der Waals surface area contributed by atoms with Gasteiger partial charge in [-0.25, -0.2) is 9.18 Å². The molecule has 0 atom stereocenters. The predicted octanol–water partition coefficient (Wildman–Crippen LogP) is 4.60. The van der Waals surface area contributed by atoms with Crippen molar-refractivity contribution >= 4 is 12.2 Å². The van der Waals surface area contributed by atoms with Crippen molar-refractivity contribution in [3.63, 3.8) is 0 Å². The third-order valence-corrected chi connectivity index (χ3v) is 3.55. The van der Waals surface area contributed by atoms with E-state index < -0.39 is 11.8 Å². The van der Waals surface area contributed by atoms with Gasteiger partial charge >= 0.3 is 5.97 Å². The van der Waals surface area contributed by atoms with Crippen LogP contribution in [0, 0.1) is 5.82 Å². The van der Waals surface area contributed by atoms with Crippen molar-refractivity contribution in [2.75, 3.05) is 0 Å². The molecule has 0 N–H and O–H groups in total. The molecule has 26 heavy (non-hydrogen) atoms. The maximum absolute atomic E-state index is 12.8. The average Bonchev–Trinajstić information content (AvgIpc) is 2.68. The number of oxime groups is 1. The van der Waals surface area contributed by atoms with Gasteiger partial charge in [0.1, 0.15) is 18.2 Å². The molecule has 3 rings (SSSR count). The van der Waals surface area contributed by atoms with Gasteiger partial charge in [0.25, 0.3) is 0 Å². The molecule has 0 aromatic heterocycles. The van der Waals surface area contributed by atoms with Crippen LogP contribution < -0.4 is 4.74 Å². The highest BCUT2D eigenvalue weighted by atomic mass is 19.1. The first kappa shape index (κ1) is 17.4. The summed E-state index contributed by atoms with van der Waals surface area (Å²) in [5.41, 5.74) is 2.07. The zero-order valence-electron chi connectivity index (χ0n) is 13.8. The van der Waals surface area contributed by atoms with Gasteiger partial charge in [-0.3, -0.25) is 0 Å². The largest absolute Gasteiger partial charge is 0.489 e. The van der Waals surface area contributed by atoms with Crippen LogP contribution in [0.3, 0.4) is 0 Å². The van der Waals surface area contributed by atoms with Crippen molar-refractivity contribution in [3.05, 3.63) is 101 Å². The molecule has 0 aliphatic rings. The molecule has 0 saturated heterocycles. The first-order valence-electron chi connectivity index (χ1n) is 7.98. The summed E-state index contributed by atoms with van der Waals surface area (Å²) >= 11 is 0. The molecule has 3 aromatic rings. The van der Waals surface area contributed by atoms with Gasteiger partial charge in [-0.05, 0) is 59.7 Å². The number of halogens is 1. The number of carbonyl (C=O) groups excluding carboxylic acids is 1. The van der Waals surface area contributed by atoms with Crippen LogP contribution in [0.25, 0.3) is 0 Å². The van der Waals surface area contributed by atoms with Crippen LogP contribution in [0.1, 0.15) is 21.5 Å². The van der Waals surface area contributed by atoms with Crippen LogP contribution in [0.15, 0.2) is 84.0 Å². The highest BCUT2D eigenvalue weighted by molar-refractivity contribution is 5.90. The quantitative estimate of drug-likeness (QED) is 0.371. The zero-order valence-corrected chi connectivity index (χ0v) is 13.8. The Bertz CT molecular complexity index is 875. The fraction of sp³-hybridized carbons (Fsp3) is 0.0476. The van der Waals surface area contributed by atoms with Gasteiger partial charge in [-0.1, -0.05) is 35.5 Å². The molecule has 130 valence electrons. The molecular formula is C21H16FNO3. The van der Waals surface area contributed by atoms with Crippen molar-refractivity contribution in [1.29, 1.82) is 0 Å². The molecule has 0 radical (unpaired) electrons. The lowest BCUT2D eigenvalue weighted by atomic mass is 10.2. The van der Waals surface area contributed by atoms with Gasteiger partial charge in [0.2, 0.25) is 0 Å². The molecular weight excluding hydrogens is 333 g/mol. The highest BCUT2D eigenvalue weighted by Crippen LogP contribution is 2.13. The van der Waals surface area contributed by atoms with E-state index in [0.29, 0.717) is 6.61 Å². The van der Waals surface area contributed by atoms with Crippen LogP contribution in [-0.2, 0) is 11.4 Å². The van der Waals surface area contributed by atoms with Gasteiger partial charge in [0.05, 0.1) is 11.8 Å². The average molecular weight is 349 g/mol. The molecule has 0 aliphatic carbocycles. The Morgan fingerprint density at radius 2 is 1.62 bits per heavy atom. The van der Waals surface area contributed by atoms with Gasteiger partial charge in [-0.2, -0.15) is 0 Å². The molecule has 0 fully saturated rings. The summed E-state index contributed by atoms with van der Waals surface area (Å²) < 4.78 is 18.5. The summed E-state index contributed by atoms with van der Waals surface area (Å²) in [5.74, 6) is -0.335. The minimum absolute atomic E-state index is 0.230. The number of carbonyl (C=O) groups is 1. The van der Waals surface area contributed by atoms with Crippen LogP contribution in [0.4, 0.5) is 4.39 Å². The maximum Gasteiger partial charge on any atom is 0.365 e. The molecule has 0 saturated carbocycles. The van der Waals surface area contributed by atoms with E-state index in [0.717, 1.165) is 16.9 Å². The summed E-state index contributed by atoms with van der Waals surface area (Å²) in [4.78, 5) is 16.5. The molecule has 0 aliphatic heterocycles. The smallest absolute Gasteiger partial charge is 0.365 e. The third-order valence-electron chi connectivity index (χ3n) is 3.55. The van der Waals surface area contributed by atoms with Gasteiger partial charge in [-0.15, -0.1) is 0 Å². The molecule has 4 nitrogen and oxygen atoms in total. The second kappa shape index (κ2) is 8.58. The van der Waals surface area contributed by atoms with Crippen LogP contribution >= 0.6 is 0 Å². The Morgan fingerprint density at radius 1 is 0.923 bits per heavy atom. The Morgan fingerprint density at radius 3 is 2.31 bits per heavy atom. The SMILES string of the molecule is O=C(O/N=C\c1ccc(OCc2ccccc2)cc1)c1ccc(F)cc1. The normalized spacial score (nSPS) is 10.7. The van der Waals surface area contributed by atoms with E-state index >= 15 is 0 Å². The summed E-state index contributed by atoms with van der Waals surface area (Å²) in [6, 6.07) is 22.2. The number of hydrogen-bond donors (Lipinski definition) is 0. The molecule has 0 amide bonds. The summed E-state index contributed by atoms with van der Waals surface area (Å²) in [7, 11) is 0. The van der Waals surface area contributed by atoms with Crippen molar-refractivity contribution in [1.82, 2.24) is 0 Å². The van der Waals surface area contributed by atoms with Gasteiger partial charge < -0.3 is 9.57 Å². The molecule has 0 heterocycles. The Hall–Kier alpha value is -3.47. The second-order valence-corrected chi connectivity index (χ2v) is 5.46. The van der Waals surface area contributed by atoms with E-state index in [1.165, 1.54) is 30.5 Å². The number of ether oxygens (including phenoxy) is 1. The van der Waals surface area contributed by atoms with E-state index in [9.17, 15) is 9.18 Å². The number of nitrogens with zero attached hydrogens (tertiary/aromatic N) is 1. The second-order valence-electron chi connectivity index (χ2n) is 5.46. The van der Waals surface area contributed by atoms with Crippen LogP contribution in [0.2, 0.25) is 0 Å². The maximum atomic E-state index is 12.8. The fourth-order valence-electron chi connectivity index (χ4n) is 2.16. The topological polar surface area (TPSA) is 47.9 Å². The van der Waals surface area contributed by atoms with E-state index in [-0.39, 0.29) is 5.56 Å². The predicted molar refractivity (Wildman–Crippen MR) is 96.6 cm³/mol. The first-order valence-corrected chi connectivity index (χ1v) is 7.98. The minimum atomic E-state index is -0.649. The molecule has 0 unspecified atom stereocenters. The van der Waals surface area contributed by atoms with E-state index in [4.69, 9.17) is 9.57 Å². The fourth-order valence-corrected chi connectivity index (χ4v) is 2.16. The van der Waals surface area contributed by atoms with E-state index in [1.54, 1.807) is 12.1 Å². The van der Waals surface area contributed by atoms with Gasteiger partial charge in [0.15, 0.2) is 0 Å². The Kier molecular flexibility index (Phi) is 5.72. The highest BCUT2D eigenvalue weighted by Gasteiger charge is 2.06. The molecule has 3 aromatic carbocycles. The lowest BCUT2D eigenvalue weighted by Gasteiger charge is -2.06. The third kappa shape index (κ3) is 5.01. The van der Waals surface area contributed by atoms with E-state index in [1.807, 2.05) is 42.5 Å². The molecule has 0 spiro atoms. The van der Waals surface area contributed by atoms with Crippen LogP contribution in [-0.4, -0.2) is 12.2 Å². The Labute approximate surface area is 150 Å². The zero-order chi connectivity index (χ0) is 18.2. The molecule has 0 bridgehead atoms. The lowest BCUT2D eigenvalue weighted by molar-refractivity contribution is 0.0519. The monoisotopic (exact) mass is 349 g/mol. The number of benzene rings is 3. The van der Waals surface area contributed by atoms with Crippen molar-refractivity contribution in [2.45, 2.75) is 6.61 Å². The van der Waals surface area contributed by atoms with E-state index in [2.05, 4.69) is 5.16 Å². The first-order chi connectivity index (χ1) is 12.7. The van der Waals surface area contributed by atoms with Crippen molar-refractivity contribution < 1.29 is 18.8 Å². The lowest BCUT2D eigenvalue weighted by Crippen LogP contribution is -2.01. The summed E-state index contributed by atoms with van der Waals surface area (Å²) in [6.45, 7) is 0.490. The van der Waals surface area contributed by atoms with Crippen LogP contribution in [0.5, 0.6) is 5.75 Å². The standard InChI is InChI=1S/C21H16FNO3/c22-19-10-8-18(9-11-19)21(24)26-23-14-16-6-12-20(13-7-16)25-15-17-4-2-1-3-5-17/h1-14H,15H2/b23-14-. The van der Waals surface area contributed by atoms with Crippen molar-refractivity contribution in [2.24, 2.45) is 5.16 Å². The van der Waals surface area contributed by atoms with Gasteiger partial charge in [0, 0.05) is 0 Å². The van der Waals surface area contributed by atoms with Crippen molar-refractivity contribution in [3.8, 4) is 5.75 Å². The Balaban J connectivity index is 1.51. The number of rotatable bonds is 6. The summed E-state index contributed by atoms with van der Waals surface area (Å²) in [5, 5.41) is 3.65. The summed E-state index contributed by atoms with van der Waals surface area (Å²) in [6.07, 6.45) is 1.42.